The number of rotatable bonds is 5. The highest BCUT2D eigenvalue weighted by Crippen LogP contribution is 2.49. The predicted molar refractivity (Wildman–Crippen MR) is 93.3 cm³/mol. The molecule has 0 aromatic heterocycles. The van der Waals surface area contributed by atoms with Gasteiger partial charge in [0, 0.05) is 5.69 Å². The molecule has 1 saturated carbocycles. The average Bonchev–Trinajstić information content (AvgIpc) is 3.33. The van der Waals surface area contributed by atoms with Crippen LogP contribution in [0.1, 0.15) is 39.9 Å². The number of aryl methyl sites for hydroxylation is 2. The van der Waals surface area contributed by atoms with Gasteiger partial charge in [0.05, 0.1) is 11.0 Å². The zero-order valence-electron chi connectivity index (χ0n) is 14.2. The lowest BCUT2D eigenvalue weighted by molar-refractivity contribution is -0.121. The number of carbonyl (C=O) groups excluding carboxylic acids is 1. The van der Waals surface area contributed by atoms with Crippen LogP contribution in [0.3, 0.4) is 0 Å². The molecule has 3 rings (SSSR count). The van der Waals surface area contributed by atoms with Gasteiger partial charge in [-0.25, -0.2) is 9.18 Å². The van der Waals surface area contributed by atoms with Crippen molar-refractivity contribution in [1.29, 1.82) is 0 Å². The maximum Gasteiger partial charge on any atom is 0.336 e. The van der Waals surface area contributed by atoms with Crippen molar-refractivity contribution in [3.05, 3.63) is 64.5 Å². The van der Waals surface area contributed by atoms with Crippen LogP contribution in [0.2, 0.25) is 0 Å². The number of aromatic carboxylic acids is 1. The fourth-order valence-corrected chi connectivity index (χ4v) is 3.11. The fraction of sp³-hybridized carbons (Fsp3) is 0.300. The molecule has 4 nitrogen and oxygen atoms in total. The number of amides is 1. The second-order valence-corrected chi connectivity index (χ2v) is 6.79. The minimum Gasteiger partial charge on any atom is -0.478 e. The van der Waals surface area contributed by atoms with Crippen LogP contribution in [0.4, 0.5) is 10.1 Å². The van der Waals surface area contributed by atoms with E-state index in [-0.39, 0.29) is 17.3 Å². The molecule has 1 aliphatic carbocycles. The highest BCUT2D eigenvalue weighted by molar-refractivity contribution is 5.99. The van der Waals surface area contributed by atoms with Crippen LogP contribution in [0.5, 0.6) is 0 Å². The summed E-state index contributed by atoms with van der Waals surface area (Å²) in [6, 6.07) is 9.71. The van der Waals surface area contributed by atoms with E-state index < -0.39 is 11.4 Å². The molecule has 25 heavy (non-hydrogen) atoms. The summed E-state index contributed by atoms with van der Waals surface area (Å²) >= 11 is 0. The van der Waals surface area contributed by atoms with Crippen LogP contribution in [-0.2, 0) is 11.2 Å². The zero-order valence-corrected chi connectivity index (χ0v) is 14.2. The van der Waals surface area contributed by atoms with Gasteiger partial charge in [0.2, 0.25) is 5.91 Å². The number of hydrogen-bond donors (Lipinski definition) is 2. The Balaban J connectivity index is 1.82. The number of anilines is 1. The van der Waals surface area contributed by atoms with Crippen molar-refractivity contribution in [2.24, 2.45) is 5.41 Å². The summed E-state index contributed by atoms with van der Waals surface area (Å²) in [5, 5.41) is 12.1. The number of carboxylic acid groups (broad SMARTS) is 1. The zero-order chi connectivity index (χ0) is 18.2. The Bertz CT molecular complexity index is 856. The fourth-order valence-electron chi connectivity index (χ4n) is 3.11. The third-order valence-electron chi connectivity index (χ3n) is 4.87. The van der Waals surface area contributed by atoms with E-state index in [9.17, 15) is 19.1 Å². The van der Waals surface area contributed by atoms with E-state index >= 15 is 0 Å². The summed E-state index contributed by atoms with van der Waals surface area (Å²) < 4.78 is 13.9. The van der Waals surface area contributed by atoms with Crippen LogP contribution in [0.25, 0.3) is 0 Å². The predicted octanol–water partition coefficient (Wildman–Crippen LogP) is 4.10. The maximum absolute atomic E-state index is 13.9. The number of carbonyl (C=O) groups is 2. The van der Waals surface area contributed by atoms with Gasteiger partial charge in [0.1, 0.15) is 5.82 Å². The van der Waals surface area contributed by atoms with Gasteiger partial charge in [-0.1, -0.05) is 24.3 Å². The molecule has 0 spiro atoms. The SMILES string of the molecule is Cc1cc(C)c(C(=O)O)cc1NC(=O)C1(Cc2ccccc2F)CC1. The van der Waals surface area contributed by atoms with E-state index in [4.69, 9.17) is 0 Å². The molecule has 0 heterocycles. The second kappa shape index (κ2) is 6.31. The van der Waals surface area contributed by atoms with Gasteiger partial charge >= 0.3 is 5.97 Å². The van der Waals surface area contributed by atoms with Crippen LogP contribution in [0, 0.1) is 25.1 Å². The molecular formula is C20H20FNO3. The monoisotopic (exact) mass is 341 g/mol. The number of halogens is 1. The molecule has 1 amide bonds. The molecule has 2 N–H and O–H groups in total. The Labute approximate surface area is 145 Å². The van der Waals surface area contributed by atoms with Crippen molar-refractivity contribution < 1.29 is 19.1 Å². The molecule has 0 radical (unpaired) electrons. The Morgan fingerprint density at radius 3 is 2.44 bits per heavy atom. The minimum absolute atomic E-state index is 0.167. The standard InChI is InChI=1S/C20H20FNO3/c1-12-9-13(2)17(10-15(12)18(23)24)22-19(25)20(7-8-20)11-14-5-3-4-6-16(14)21/h3-6,9-10H,7-8,11H2,1-2H3,(H,22,25)(H,23,24). The van der Waals surface area contributed by atoms with Gasteiger partial charge in [-0.3, -0.25) is 4.79 Å². The molecule has 2 aromatic rings. The number of nitrogens with one attached hydrogen (secondary N) is 1. The first kappa shape index (κ1) is 17.1. The minimum atomic E-state index is -1.03. The van der Waals surface area contributed by atoms with Gasteiger partial charge in [-0.05, 0) is 61.9 Å². The number of benzene rings is 2. The van der Waals surface area contributed by atoms with Gasteiger partial charge in [0.15, 0.2) is 0 Å². The summed E-state index contributed by atoms with van der Waals surface area (Å²) in [7, 11) is 0. The first-order valence-electron chi connectivity index (χ1n) is 8.22. The highest BCUT2D eigenvalue weighted by atomic mass is 19.1. The van der Waals surface area contributed by atoms with E-state index in [1.54, 1.807) is 31.2 Å². The van der Waals surface area contributed by atoms with E-state index in [0.717, 1.165) is 5.56 Å². The molecule has 2 aromatic carbocycles. The molecule has 0 aliphatic heterocycles. The molecular weight excluding hydrogens is 321 g/mol. The largest absolute Gasteiger partial charge is 0.478 e. The van der Waals surface area contributed by atoms with Gasteiger partial charge in [-0.15, -0.1) is 0 Å². The lowest BCUT2D eigenvalue weighted by Gasteiger charge is -2.18. The molecule has 1 aliphatic rings. The molecule has 5 heteroatoms. The normalized spacial score (nSPS) is 14.8. The Morgan fingerprint density at radius 2 is 1.84 bits per heavy atom. The Kier molecular flexibility index (Phi) is 4.33. The van der Waals surface area contributed by atoms with E-state index in [1.165, 1.54) is 12.1 Å². The van der Waals surface area contributed by atoms with E-state index in [2.05, 4.69) is 5.32 Å². The third-order valence-corrected chi connectivity index (χ3v) is 4.87. The molecule has 0 atom stereocenters. The maximum atomic E-state index is 13.9. The van der Waals surface area contributed by atoms with Crippen molar-refractivity contribution >= 4 is 17.6 Å². The first-order chi connectivity index (χ1) is 11.8. The Morgan fingerprint density at radius 1 is 1.16 bits per heavy atom. The first-order valence-corrected chi connectivity index (χ1v) is 8.22. The van der Waals surface area contributed by atoms with Crippen molar-refractivity contribution in [3.8, 4) is 0 Å². The van der Waals surface area contributed by atoms with Crippen LogP contribution >= 0.6 is 0 Å². The molecule has 0 unspecified atom stereocenters. The van der Waals surface area contributed by atoms with Gasteiger partial charge in [0.25, 0.3) is 0 Å². The average molecular weight is 341 g/mol. The lowest BCUT2D eigenvalue weighted by atomic mass is 9.94. The molecule has 0 saturated heterocycles. The summed E-state index contributed by atoms with van der Waals surface area (Å²) in [5.41, 5.74) is 2.03. The Hall–Kier alpha value is -2.69. The van der Waals surface area contributed by atoms with Crippen LogP contribution in [0.15, 0.2) is 36.4 Å². The van der Waals surface area contributed by atoms with E-state index in [1.807, 2.05) is 6.92 Å². The smallest absolute Gasteiger partial charge is 0.336 e. The number of carboxylic acids is 1. The summed E-state index contributed by atoms with van der Waals surface area (Å²) in [6.07, 6.45) is 1.75. The van der Waals surface area contributed by atoms with Crippen molar-refractivity contribution in [3.63, 3.8) is 0 Å². The molecule has 1 fully saturated rings. The van der Waals surface area contributed by atoms with Crippen molar-refractivity contribution in [2.45, 2.75) is 33.1 Å². The van der Waals surface area contributed by atoms with Crippen molar-refractivity contribution in [2.75, 3.05) is 5.32 Å². The van der Waals surface area contributed by atoms with E-state index in [0.29, 0.717) is 36.1 Å². The topological polar surface area (TPSA) is 66.4 Å². The van der Waals surface area contributed by atoms with Crippen LogP contribution in [-0.4, -0.2) is 17.0 Å². The third kappa shape index (κ3) is 3.40. The summed E-state index contributed by atoms with van der Waals surface area (Å²) in [4.78, 5) is 24.1. The second-order valence-electron chi connectivity index (χ2n) is 6.79. The highest BCUT2D eigenvalue weighted by Gasteiger charge is 2.50. The van der Waals surface area contributed by atoms with Crippen LogP contribution < -0.4 is 5.32 Å². The number of hydrogen-bond acceptors (Lipinski definition) is 2. The molecule has 130 valence electrons. The lowest BCUT2D eigenvalue weighted by Crippen LogP contribution is -2.27. The molecule has 0 bridgehead atoms. The quantitative estimate of drug-likeness (QED) is 0.860. The summed E-state index contributed by atoms with van der Waals surface area (Å²) in [6.45, 7) is 3.55. The van der Waals surface area contributed by atoms with Gasteiger partial charge in [-0.2, -0.15) is 0 Å². The van der Waals surface area contributed by atoms with Gasteiger partial charge < -0.3 is 10.4 Å². The van der Waals surface area contributed by atoms with Crippen molar-refractivity contribution in [1.82, 2.24) is 0 Å². The summed E-state index contributed by atoms with van der Waals surface area (Å²) in [5.74, 6) is -1.51.